The van der Waals surface area contributed by atoms with E-state index in [-0.39, 0.29) is 5.91 Å². The third-order valence-electron chi connectivity index (χ3n) is 5.49. The molecule has 150 valence electrons. The van der Waals surface area contributed by atoms with Gasteiger partial charge in [-0.25, -0.2) is 0 Å². The standard InChI is InChI=1S/C23H30N2O3/c1-5-17-9-7-10-18(6-2)22(17)24-13-15-25(16-14-24)23(26)21-19(27-3)11-8-12-20(21)28-4/h7-12H,5-6,13-16H2,1-4H3. The summed E-state index contributed by atoms with van der Waals surface area (Å²) >= 11 is 0. The molecule has 2 aromatic carbocycles. The Morgan fingerprint density at radius 2 is 1.36 bits per heavy atom. The summed E-state index contributed by atoms with van der Waals surface area (Å²) in [6.07, 6.45) is 2.03. The smallest absolute Gasteiger partial charge is 0.261 e. The second-order valence-corrected chi connectivity index (χ2v) is 6.95. The van der Waals surface area contributed by atoms with Crippen molar-refractivity contribution in [1.82, 2.24) is 4.90 Å². The third kappa shape index (κ3) is 3.79. The molecule has 1 aliphatic rings. The topological polar surface area (TPSA) is 42.0 Å². The summed E-state index contributed by atoms with van der Waals surface area (Å²) in [5, 5.41) is 0. The zero-order chi connectivity index (χ0) is 20.1. The van der Waals surface area contributed by atoms with Crippen molar-refractivity contribution in [3.05, 3.63) is 53.1 Å². The van der Waals surface area contributed by atoms with Gasteiger partial charge in [0.05, 0.1) is 14.2 Å². The van der Waals surface area contributed by atoms with E-state index in [1.165, 1.54) is 16.8 Å². The van der Waals surface area contributed by atoms with Crippen molar-refractivity contribution in [3.63, 3.8) is 0 Å². The van der Waals surface area contributed by atoms with Crippen LogP contribution >= 0.6 is 0 Å². The minimum absolute atomic E-state index is 0.0339. The number of ether oxygens (including phenoxy) is 2. The van der Waals surface area contributed by atoms with E-state index in [1.54, 1.807) is 26.4 Å². The van der Waals surface area contributed by atoms with Crippen LogP contribution in [0.3, 0.4) is 0 Å². The number of hydrogen-bond donors (Lipinski definition) is 0. The molecule has 5 nitrogen and oxygen atoms in total. The van der Waals surface area contributed by atoms with Gasteiger partial charge >= 0.3 is 0 Å². The zero-order valence-electron chi connectivity index (χ0n) is 17.3. The van der Waals surface area contributed by atoms with E-state index in [1.807, 2.05) is 11.0 Å². The first kappa shape index (κ1) is 20.1. The van der Waals surface area contributed by atoms with Gasteiger partial charge in [0.2, 0.25) is 0 Å². The molecule has 3 rings (SSSR count). The molecule has 5 heteroatoms. The lowest BCUT2D eigenvalue weighted by atomic mass is 10.0. The Hall–Kier alpha value is -2.69. The summed E-state index contributed by atoms with van der Waals surface area (Å²) in [7, 11) is 3.16. The zero-order valence-corrected chi connectivity index (χ0v) is 17.3. The van der Waals surface area contributed by atoms with E-state index in [0.29, 0.717) is 30.2 Å². The summed E-state index contributed by atoms with van der Waals surface area (Å²) in [6, 6.07) is 12.0. The lowest BCUT2D eigenvalue weighted by molar-refractivity contribution is 0.0739. The maximum absolute atomic E-state index is 13.2. The van der Waals surface area contributed by atoms with Gasteiger partial charge in [0.15, 0.2) is 0 Å². The summed E-state index contributed by atoms with van der Waals surface area (Å²) in [6.45, 7) is 7.42. The Morgan fingerprint density at radius 1 is 0.857 bits per heavy atom. The van der Waals surface area contributed by atoms with Crippen LogP contribution in [0.2, 0.25) is 0 Å². The quantitative estimate of drug-likeness (QED) is 0.762. The van der Waals surface area contributed by atoms with Crippen LogP contribution < -0.4 is 14.4 Å². The number of para-hydroxylation sites is 1. The number of carbonyl (C=O) groups is 1. The molecule has 2 aromatic rings. The second-order valence-electron chi connectivity index (χ2n) is 6.95. The Morgan fingerprint density at radius 3 is 1.82 bits per heavy atom. The molecule has 1 aliphatic heterocycles. The van der Waals surface area contributed by atoms with Crippen LogP contribution in [0, 0.1) is 0 Å². The molecule has 0 saturated carbocycles. The Labute approximate surface area is 167 Å². The van der Waals surface area contributed by atoms with Gasteiger partial charge in [-0.05, 0) is 36.1 Å². The molecular weight excluding hydrogens is 352 g/mol. The first-order chi connectivity index (χ1) is 13.6. The molecule has 0 aliphatic carbocycles. The highest BCUT2D eigenvalue weighted by Crippen LogP contribution is 2.31. The normalized spacial score (nSPS) is 14.1. The largest absolute Gasteiger partial charge is 0.496 e. The monoisotopic (exact) mass is 382 g/mol. The minimum Gasteiger partial charge on any atom is -0.496 e. The van der Waals surface area contributed by atoms with Crippen molar-refractivity contribution in [2.75, 3.05) is 45.3 Å². The van der Waals surface area contributed by atoms with Gasteiger partial charge in [-0.15, -0.1) is 0 Å². The number of benzene rings is 2. The average Bonchev–Trinajstić information content (AvgIpc) is 2.77. The summed E-state index contributed by atoms with van der Waals surface area (Å²) in [4.78, 5) is 17.5. The average molecular weight is 383 g/mol. The molecule has 1 saturated heterocycles. The molecule has 1 heterocycles. The van der Waals surface area contributed by atoms with Crippen LogP contribution in [-0.2, 0) is 12.8 Å². The van der Waals surface area contributed by atoms with Gasteiger partial charge in [-0.1, -0.05) is 38.1 Å². The molecule has 0 atom stereocenters. The van der Waals surface area contributed by atoms with Crippen molar-refractivity contribution in [3.8, 4) is 11.5 Å². The summed E-state index contributed by atoms with van der Waals surface area (Å²) < 4.78 is 10.8. The summed E-state index contributed by atoms with van der Waals surface area (Å²) in [5.41, 5.74) is 4.62. The van der Waals surface area contributed by atoms with Crippen LogP contribution in [0.4, 0.5) is 5.69 Å². The van der Waals surface area contributed by atoms with E-state index in [9.17, 15) is 4.79 Å². The number of rotatable bonds is 6. The number of aryl methyl sites for hydroxylation is 2. The van der Waals surface area contributed by atoms with Crippen molar-refractivity contribution < 1.29 is 14.3 Å². The molecule has 28 heavy (non-hydrogen) atoms. The van der Waals surface area contributed by atoms with Crippen molar-refractivity contribution in [2.24, 2.45) is 0 Å². The van der Waals surface area contributed by atoms with Gasteiger partial charge < -0.3 is 19.3 Å². The molecule has 0 aromatic heterocycles. The molecule has 1 fully saturated rings. The second kappa shape index (κ2) is 9.00. The van der Waals surface area contributed by atoms with Crippen LogP contribution in [0.5, 0.6) is 11.5 Å². The highest BCUT2D eigenvalue weighted by Gasteiger charge is 2.28. The Balaban J connectivity index is 1.80. The fraction of sp³-hybridized carbons (Fsp3) is 0.435. The van der Waals surface area contributed by atoms with Crippen LogP contribution in [0.25, 0.3) is 0 Å². The SMILES string of the molecule is CCc1cccc(CC)c1N1CCN(C(=O)c2c(OC)cccc2OC)CC1. The predicted molar refractivity (Wildman–Crippen MR) is 113 cm³/mol. The maximum Gasteiger partial charge on any atom is 0.261 e. The minimum atomic E-state index is -0.0339. The number of methoxy groups -OCH3 is 2. The fourth-order valence-corrected chi connectivity index (χ4v) is 3.97. The van der Waals surface area contributed by atoms with Gasteiger partial charge in [-0.2, -0.15) is 0 Å². The molecule has 0 radical (unpaired) electrons. The van der Waals surface area contributed by atoms with E-state index < -0.39 is 0 Å². The number of piperazine rings is 1. The molecule has 1 amide bonds. The molecule has 0 N–H and O–H groups in total. The van der Waals surface area contributed by atoms with Crippen molar-refractivity contribution in [2.45, 2.75) is 26.7 Å². The van der Waals surface area contributed by atoms with E-state index in [4.69, 9.17) is 9.47 Å². The lowest BCUT2D eigenvalue weighted by Crippen LogP contribution is -2.49. The molecule has 0 unspecified atom stereocenters. The maximum atomic E-state index is 13.2. The van der Waals surface area contributed by atoms with Gasteiger partial charge in [0.1, 0.15) is 17.1 Å². The van der Waals surface area contributed by atoms with Crippen LogP contribution in [0.15, 0.2) is 36.4 Å². The molecular formula is C23H30N2O3. The van der Waals surface area contributed by atoms with E-state index in [0.717, 1.165) is 25.9 Å². The van der Waals surface area contributed by atoms with E-state index in [2.05, 4.69) is 36.9 Å². The summed E-state index contributed by atoms with van der Waals surface area (Å²) in [5.74, 6) is 1.07. The number of anilines is 1. The lowest BCUT2D eigenvalue weighted by Gasteiger charge is -2.38. The van der Waals surface area contributed by atoms with Crippen LogP contribution in [0.1, 0.15) is 35.3 Å². The first-order valence-electron chi connectivity index (χ1n) is 10.0. The predicted octanol–water partition coefficient (Wildman–Crippen LogP) is 3.79. The highest BCUT2D eigenvalue weighted by molar-refractivity contribution is 5.99. The van der Waals surface area contributed by atoms with E-state index >= 15 is 0 Å². The number of carbonyl (C=O) groups excluding carboxylic acids is 1. The Bertz CT molecular complexity index is 782. The van der Waals surface area contributed by atoms with Gasteiger partial charge in [-0.3, -0.25) is 4.79 Å². The first-order valence-corrected chi connectivity index (χ1v) is 10.0. The fourth-order valence-electron chi connectivity index (χ4n) is 3.97. The van der Waals surface area contributed by atoms with Gasteiger partial charge in [0, 0.05) is 31.9 Å². The Kier molecular flexibility index (Phi) is 6.45. The van der Waals surface area contributed by atoms with Crippen LogP contribution in [-0.4, -0.2) is 51.2 Å². The highest BCUT2D eigenvalue weighted by atomic mass is 16.5. The van der Waals surface area contributed by atoms with Gasteiger partial charge in [0.25, 0.3) is 5.91 Å². The number of amides is 1. The van der Waals surface area contributed by atoms with Crippen molar-refractivity contribution >= 4 is 11.6 Å². The molecule has 0 spiro atoms. The third-order valence-corrected chi connectivity index (χ3v) is 5.49. The number of nitrogens with zero attached hydrogens (tertiary/aromatic N) is 2. The number of hydrogen-bond acceptors (Lipinski definition) is 4. The van der Waals surface area contributed by atoms with Crippen molar-refractivity contribution in [1.29, 1.82) is 0 Å². The molecule has 0 bridgehead atoms.